The first-order valence-corrected chi connectivity index (χ1v) is 12.7. The molecule has 0 spiro atoms. The molecule has 0 aliphatic carbocycles. The van der Waals surface area contributed by atoms with E-state index < -0.39 is 10.0 Å². The third kappa shape index (κ3) is 5.45. The zero-order valence-corrected chi connectivity index (χ0v) is 18.8. The molecule has 0 saturated carbocycles. The predicted octanol–water partition coefficient (Wildman–Crippen LogP) is 4.64. The van der Waals surface area contributed by atoms with Gasteiger partial charge in [-0.1, -0.05) is 6.07 Å². The van der Waals surface area contributed by atoms with Crippen LogP contribution in [0.15, 0.2) is 82.5 Å². The second kappa shape index (κ2) is 9.52. The maximum Gasteiger partial charge on any atom is 0.255 e. The first-order chi connectivity index (χ1) is 15.0. The number of amides is 1. The lowest BCUT2D eigenvalue weighted by atomic mass is 10.2. The zero-order valence-electron chi connectivity index (χ0n) is 16.3. The van der Waals surface area contributed by atoms with Crippen LogP contribution in [0.4, 0.5) is 5.69 Å². The highest BCUT2D eigenvalue weighted by molar-refractivity contribution is 7.89. The van der Waals surface area contributed by atoms with Gasteiger partial charge in [0.05, 0.1) is 4.90 Å². The number of hydrogen-bond donors (Lipinski definition) is 2. The van der Waals surface area contributed by atoms with Gasteiger partial charge in [0, 0.05) is 39.8 Å². The molecule has 2 heterocycles. The first-order valence-electron chi connectivity index (χ1n) is 9.45. The minimum Gasteiger partial charge on any atom is -0.322 e. The van der Waals surface area contributed by atoms with Crippen LogP contribution in [0.2, 0.25) is 0 Å². The van der Waals surface area contributed by atoms with E-state index in [1.54, 1.807) is 28.9 Å². The topological polar surface area (TPSA) is 88.2 Å². The molecular formula is C22H19N3O3S3. The van der Waals surface area contributed by atoms with Gasteiger partial charge in [-0.25, -0.2) is 18.1 Å². The number of thiazole rings is 1. The SMILES string of the molecule is O=C(Nc1ccc(-c2nccs2)cc1)c1ccc(S(=O)(=O)NCCc2cccs2)cc1. The maximum absolute atomic E-state index is 12.5. The van der Waals surface area contributed by atoms with Crippen LogP contribution in [0.3, 0.4) is 0 Å². The molecule has 6 nitrogen and oxygen atoms in total. The van der Waals surface area contributed by atoms with E-state index in [0.29, 0.717) is 24.2 Å². The molecule has 0 unspecified atom stereocenters. The lowest BCUT2D eigenvalue weighted by Crippen LogP contribution is -2.26. The van der Waals surface area contributed by atoms with E-state index in [2.05, 4.69) is 15.0 Å². The third-order valence-electron chi connectivity index (χ3n) is 4.49. The van der Waals surface area contributed by atoms with Crippen molar-refractivity contribution in [3.05, 3.63) is 88.1 Å². The summed E-state index contributed by atoms with van der Waals surface area (Å²) in [6, 6.07) is 17.2. The molecule has 0 fully saturated rings. The second-order valence-corrected chi connectivity index (χ2v) is 10.3. The Morgan fingerprint density at radius 3 is 2.35 bits per heavy atom. The summed E-state index contributed by atoms with van der Waals surface area (Å²) in [5.74, 6) is -0.309. The van der Waals surface area contributed by atoms with Gasteiger partial charge in [0.25, 0.3) is 5.91 Å². The molecule has 9 heteroatoms. The average Bonchev–Trinajstić information content (AvgIpc) is 3.49. The predicted molar refractivity (Wildman–Crippen MR) is 125 cm³/mol. The monoisotopic (exact) mass is 469 g/mol. The van der Waals surface area contributed by atoms with Crippen molar-refractivity contribution in [3.8, 4) is 10.6 Å². The van der Waals surface area contributed by atoms with Crippen molar-refractivity contribution in [2.45, 2.75) is 11.3 Å². The van der Waals surface area contributed by atoms with Gasteiger partial charge in [-0.2, -0.15) is 0 Å². The molecule has 0 atom stereocenters. The van der Waals surface area contributed by atoms with Crippen molar-refractivity contribution in [1.82, 2.24) is 9.71 Å². The minimum atomic E-state index is -3.62. The largest absolute Gasteiger partial charge is 0.322 e. The van der Waals surface area contributed by atoms with E-state index in [-0.39, 0.29) is 10.8 Å². The van der Waals surface area contributed by atoms with Crippen molar-refractivity contribution in [3.63, 3.8) is 0 Å². The van der Waals surface area contributed by atoms with Crippen LogP contribution < -0.4 is 10.0 Å². The molecule has 0 saturated heterocycles. The molecule has 4 aromatic rings. The molecule has 0 aliphatic heterocycles. The molecule has 0 radical (unpaired) electrons. The van der Waals surface area contributed by atoms with Crippen LogP contribution >= 0.6 is 22.7 Å². The highest BCUT2D eigenvalue weighted by Gasteiger charge is 2.15. The number of sulfonamides is 1. The Hall–Kier alpha value is -2.85. The van der Waals surface area contributed by atoms with Crippen molar-refractivity contribution in [2.75, 3.05) is 11.9 Å². The Morgan fingerprint density at radius 1 is 0.935 bits per heavy atom. The van der Waals surface area contributed by atoms with Gasteiger partial charge in [0.15, 0.2) is 0 Å². The lowest BCUT2D eigenvalue weighted by Gasteiger charge is -2.08. The Labute approximate surface area is 188 Å². The smallest absolute Gasteiger partial charge is 0.255 e. The number of anilines is 1. The number of carbonyl (C=O) groups is 1. The Bertz CT molecular complexity index is 1230. The highest BCUT2D eigenvalue weighted by Crippen LogP contribution is 2.23. The quantitative estimate of drug-likeness (QED) is 0.393. The van der Waals surface area contributed by atoms with Gasteiger partial charge in [0.1, 0.15) is 5.01 Å². The Kier molecular flexibility index (Phi) is 6.57. The number of nitrogens with zero attached hydrogens (tertiary/aromatic N) is 1. The van der Waals surface area contributed by atoms with Crippen molar-refractivity contribution in [1.29, 1.82) is 0 Å². The molecule has 158 valence electrons. The maximum atomic E-state index is 12.5. The van der Waals surface area contributed by atoms with E-state index in [1.165, 1.54) is 24.3 Å². The van der Waals surface area contributed by atoms with Gasteiger partial charge in [-0.3, -0.25) is 4.79 Å². The summed E-state index contributed by atoms with van der Waals surface area (Å²) in [6.07, 6.45) is 2.39. The molecule has 1 amide bonds. The van der Waals surface area contributed by atoms with Crippen LogP contribution in [0.25, 0.3) is 10.6 Å². The highest BCUT2D eigenvalue weighted by atomic mass is 32.2. The number of carbonyl (C=O) groups excluding carboxylic acids is 1. The summed E-state index contributed by atoms with van der Waals surface area (Å²) < 4.78 is 27.5. The van der Waals surface area contributed by atoms with Gasteiger partial charge >= 0.3 is 0 Å². The molecule has 2 aromatic heterocycles. The average molecular weight is 470 g/mol. The zero-order chi connectivity index (χ0) is 21.7. The molecule has 0 bridgehead atoms. The standard InChI is InChI=1S/C22H19N3O3S3/c26-21(25-18-7-3-17(4-8-18)22-23-13-15-30-22)16-5-9-20(10-6-16)31(27,28)24-12-11-19-2-1-14-29-19/h1-10,13-15,24H,11-12H2,(H,25,26). The second-order valence-electron chi connectivity index (χ2n) is 6.62. The van der Waals surface area contributed by atoms with E-state index in [4.69, 9.17) is 0 Å². The number of hydrogen-bond acceptors (Lipinski definition) is 6. The molecule has 2 N–H and O–H groups in total. The number of rotatable bonds is 8. The van der Waals surface area contributed by atoms with Crippen LogP contribution in [-0.4, -0.2) is 25.9 Å². The number of nitrogens with one attached hydrogen (secondary N) is 2. The first kappa shape index (κ1) is 21.4. The van der Waals surface area contributed by atoms with Gasteiger partial charge in [0.2, 0.25) is 10.0 Å². The van der Waals surface area contributed by atoms with E-state index >= 15 is 0 Å². The normalized spacial score (nSPS) is 11.4. The van der Waals surface area contributed by atoms with Crippen LogP contribution in [-0.2, 0) is 16.4 Å². The summed E-state index contributed by atoms with van der Waals surface area (Å²) in [5.41, 5.74) is 2.01. The van der Waals surface area contributed by atoms with Crippen molar-refractivity contribution >= 4 is 44.3 Å². The summed E-state index contributed by atoms with van der Waals surface area (Å²) >= 11 is 3.14. The van der Waals surface area contributed by atoms with Crippen molar-refractivity contribution < 1.29 is 13.2 Å². The molecule has 0 aliphatic rings. The number of aromatic nitrogens is 1. The molecule has 4 rings (SSSR count). The molecule has 31 heavy (non-hydrogen) atoms. The number of benzene rings is 2. The third-order valence-corrected chi connectivity index (χ3v) is 7.73. The van der Waals surface area contributed by atoms with Crippen LogP contribution in [0, 0.1) is 0 Å². The molecule has 2 aromatic carbocycles. The van der Waals surface area contributed by atoms with Gasteiger partial charge < -0.3 is 5.32 Å². The van der Waals surface area contributed by atoms with E-state index in [1.807, 2.05) is 47.2 Å². The lowest BCUT2D eigenvalue weighted by molar-refractivity contribution is 0.102. The van der Waals surface area contributed by atoms with Gasteiger partial charge in [-0.05, 0) is 66.4 Å². The minimum absolute atomic E-state index is 0.128. The fraction of sp³-hybridized carbons (Fsp3) is 0.0909. The van der Waals surface area contributed by atoms with E-state index in [9.17, 15) is 13.2 Å². The Morgan fingerprint density at radius 2 is 1.71 bits per heavy atom. The summed E-state index contributed by atoms with van der Waals surface area (Å²) in [6.45, 7) is 0.321. The Balaban J connectivity index is 1.36. The molecular weight excluding hydrogens is 450 g/mol. The summed E-state index contributed by atoms with van der Waals surface area (Å²) in [7, 11) is -3.62. The van der Waals surface area contributed by atoms with Gasteiger partial charge in [-0.15, -0.1) is 22.7 Å². The van der Waals surface area contributed by atoms with Crippen LogP contribution in [0.1, 0.15) is 15.2 Å². The van der Waals surface area contributed by atoms with E-state index in [0.717, 1.165) is 15.4 Å². The fourth-order valence-electron chi connectivity index (χ4n) is 2.90. The summed E-state index contributed by atoms with van der Waals surface area (Å²) in [4.78, 5) is 18.0. The van der Waals surface area contributed by atoms with Crippen molar-refractivity contribution in [2.24, 2.45) is 0 Å². The fourth-order valence-corrected chi connectivity index (χ4v) is 5.28. The summed E-state index contributed by atoms with van der Waals surface area (Å²) in [5, 5.41) is 7.61. The number of thiophene rings is 1. The van der Waals surface area contributed by atoms with Crippen LogP contribution in [0.5, 0.6) is 0 Å².